The van der Waals surface area contributed by atoms with Crippen LogP contribution in [0.1, 0.15) is 75.6 Å². The van der Waals surface area contributed by atoms with E-state index in [4.69, 9.17) is 4.74 Å². The van der Waals surface area contributed by atoms with Gasteiger partial charge < -0.3 is 9.84 Å². The largest absolute Gasteiger partial charge is 0.454 e. The summed E-state index contributed by atoms with van der Waals surface area (Å²) in [7, 11) is 0. The summed E-state index contributed by atoms with van der Waals surface area (Å²) < 4.78 is 5.27. The average molecular weight is 452 g/mol. The predicted octanol–water partition coefficient (Wildman–Crippen LogP) is 4.07. The van der Waals surface area contributed by atoms with Crippen LogP contribution in [0.2, 0.25) is 0 Å². The van der Waals surface area contributed by atoms with Crippen molar-refractivity contribution in [1.29, 1.82) is 0 Å². The number of hydrogen-bond donors (Lipinski definition) is 1. The molecule has 0 amide bonds. The van der Waals surface area contributed by atoms with E-state index in [2.05, 4.69) is 18.8 Å². The number of aliphatic hydroxyl groups is 1. The Morgan fingerprint density at radius 1 is 1.12 bits per heavy atom. The third-order valence-corrected chi connectivity index (χ3v) is 9.81. The van der Waals surface area contributed by atoms with E-state index in [1.54, 1.807) is 18.3 Å². The van der Waals surface area contributed by atoms with E-state index >= 15 is 0 Å². The molecule has 4 aliphatic carbocycles. The maximum Gasteiger partial charge on any atom is 0.340 e. The molecular formula is C27H33NO5. The van der Waals surface area contributed by atoms with Gasteiger partial charge in [-0.25, -0.2) is 4.79 Å². The lowest BCUT2D eigenvalue weighted by atomic mass is 9.46. The van der Waals surface area contributed by atoms with Crippen molar-refractivity contribution in [3.05, 3.63) is 41.7 Å². The number of hydrogen-bond acceptors (Lipinski definition) is 6. The van der Waals surface area contributed by atoms with Gasteiger partial charge in [0.2, 0.25) is 5.78 Å². The third kappa shape index (κ3) is 3.32. The number of aromatic nitrogens is 1. The molecule has 0 radical (unpaired) electrons. The van der Waals surface area contributed by atoms with Gasteiger partial charge in [0.25, 0.3) is 0 Å². The van der Waals surface area contributed by atoms with Crippen molar-refractivity contribution in [3.63, 3.8) is 0 Å². The summed E-state index contributed by atoms with van der Waals surface area (Å²) in [5, 5.41) is 11.7. The number of carbonyl (C=O) groups is 3. The molecule has 0 bridgehead atoms. The molecule has 0 spiro atoms. The fourth-order valence-electron chi connectivity index (χ4n) is 7.85. The number of pyridine rings is 1. The zero-order valence-corrected chi connectivity index (χ0v) is 19.5. The summed E-state index contributed by atoms with van der Waals surface area (Å²) in [6.45, 7) is 3.97. The number of rotatable bonds is 4. The molecule has 0 unspecified atom stereocenters. The van der Waals surface area contributed by atoms with Crippen molar-refractivity contribution >= 4 is 17.5 Å². The van der Waals surface area contributed by atoms with Crippen LogP contribution >= 0.6 is 0 Å². The monoisotopic (exact) mass is 451 g/mol. The van der Waals surface area contributed by atoms with Gasteiger partial charge in [0.15, 0.2) is 12.4 Å². The Labute approximate surface area is 194 Å². The number of carbonyl (C=O) groups excluding carboxylic acids is 3. The molecule has 3 fully saturated rings. The number of ether oxygens (including phenoxy) is 1. The Morgan fingerprint density at radius 3 is 2.67 bits per heavy atom. The van der Waals surface area contributed by atoms with Crippen LogP contribution in [-0.2, 0) is 14.3 Å². The van der Waals surface area contributed by atoms with Crippen molar-refractivity contribution in [3.8, 4) is 0 Å². The summed E-state index contributed by atoms with van der Waals surface area (Å²) in [4.78, 5) is 41.5. The highest BCUT2D eigenvalue weighted by Crippen LogP contribution is 2.67. The minimum atomic E-state index is -1.47. The summed E-state index contributed by atoms with van der Waals surface area (Å²) in [5.74, 6) is 0.450. The normalized spacial score (nSPS) is 39.7. The minimum Gasteiger partial charge on any atom is -0.454 e. The first kappa shape index (κ1) is 22.5. The van der Waals surface area contributed by atoms with E-state index in [-0.39, 0.29) is 17.1 Å². The van der Waals surface area contributed by atoms with Gasteiger partial charge in [-0.3, -0.25) is 14.6 Å². The second-order valence-electron chi connectivity index (χ2n) is 11.1. The zero-order valence-electron chi connectivity index (χ0n) is 19.5. The van der Waals surface area contributed by atoms with E-state index in [9.17, 15) is 19.5 Å². The lowest BCUT2D eigenvalue weighted by Crippen LogP contribution is -2.58. The molecule has 5 rings (SSSR count). The Hall–Kier alpha value is -2.34. The molecule has 0 aromatic carbocycles. The minimum absolute atomic E-state index is 0.0577. The summed E-state index contributed by atoms with van der Waals surface area (Å²) in [6.07, 6.45) is 11.3. The third-order valence-electron chi connectivity index (χ3n) is 9.81. The Kier molecular flexibility index (Phi) is 5.35. The van der Waals surface area contributed by atoms with Crippen LogP contribution in [0.25, 0.3) is 0 Å². The van der Waals surface area contributed by atoms with Gasteiger partial charge in [0.1, 0.15) is 5.60 Å². The van der Waals surface area contributed by atoms with Gasteiger partial charge in [-0.15, -0.1) is 0 Å². The predicted molar refractivity (Wildman–Crippen MR) is 121 cm³/mol. The molecule has 4 aliphatic rings. The highest BCUT2D eigenvalue weighted by atomic mass is 16.5. The molecule has 6 nitrogen and oxygen atoms in total. The first-order valence-corrected chi connectivity index (χ1v) is 12.3. The van der Waals surface area contributed by atoms with Gasteiger partial charge >= 0.3 is 5.97 Å². The smallest absolute Gasteiger partial charge is 0.340 e. The molecule has 1 aromatic heterocycles. The maximum absolute atomic E-state index is 13.3. The molecule has 6 atom stereocenters. The van der Waals surface area contributed by atoms with Crippen molar-refractivity contribution in [2.75, 3.05) is 6.61 Å². The van der Waals surface area contributed by atoms with Gasteiger partial charge in [-0.1, -0.05) is 19.4 Å². The highest BCUT2D eigenvalue weighted by Gasteiger charge is 2.66. The van der Waals surface area contributed by atoms with Crippen LogP contribution < -0.4 is 0 Å². The number of fused-ring (bicyclic) bond motifs is 5. The quantitative estimate of drug-likeness (QED) is 0.694. The molecule has 0 saturated heterocycles. The number of Topliss-reactive ketones (excluding diaryl/α,β-unsaturated/α-hetero) is 1. The number of ketones is 2. The summed E-state index contributed by atoms with van der Waals surface area (Å²) in [5.41, 5.74) is -0.332. The number of allylic oxidation sites excluding steroid dienone is 1. The summed E-state index contributed by atoms with van der Waals surface area (Å²) in [6, 6.07) is 3.23. The molecule has 6 heteroatoms. The number of nitrogens with zero attached hydrogens (tertiary/aromatic N) is 1. The van der Waals surface area contributed by atoms with E-state index in [0.717, 1.165) is 38.5 Å². The van der Waals surface area contributed by atoms with Crippen LogP contribution in [0, 0.1) is 28.6 Å². The SMILES string of the molecule is C[C@]12CCC(=O)C=C1CC[C@@H]1[C@@H]2CC[C@@]2(C)[C@H]1CC[C@@]2(O)C(=O)COC(=O)c1cccnc1. The Bertz CT molecular complexity index is 1020. The van der Waals surface area contributed by atoms with Crippen LogP contribution in [-0.4, -0.2) is 39.8 Å². The lowest BCUT2D eigenvalue weighted by Gasteiger charge is -2.58. The average Bonchev–Trinajstić information content (AvgIpc) is 3.10. The van der Waals surface area contributed by atoms with Crippen molar-refractivity contribution in [2.45, 2.75) is 70.8 Å². The zero-order chi connectivity index (χ0) is 23.4. The van der Waals surface area contributed by atoms with Gasteiger partial charge in [0, 0.05) is 24.2 Å². The van der Waals surface area contributed by atoms with Crippen LogP contribution in [0.4, 0.5) is 0 Å². The second-order valence-corrected chi connectivity index (χ2v) is 11.1. The van der Waals surface area contributed by atoms with Crippen molar-refractivity contribution in [2.24, 2.45) is 28.6 Å². The Morgan fingerprint density at radius 2 is 1.91 bits per heavy atom. The van der Waals surface area contributed by atoms with Gasteiger partial charge in [-0.2, -0.15) is 0 Å². The number of esters is 1. The highest BCUT2D eigenvalue weighted by molar-refractivity contribution is 5.94. The van der Waals surface area contributed by atoms with Gasteiger partial charge in [-0.05, 0) is 86.3 Å². The van der Waals surface area contributed by atoms with Crippen molar-refractivity contribution < 1.29 is 24.2 Å². The Balaban J connectivity index is 1.33. The van der Waals surface area contributed by atoms with Crippen molar-refractivity contribution in [1.82, 2.24) is 4.98 Å². The molecule has 1 heterocycles. The fraction of sp³-hybridized carbons (Fsp3) is 0.630. The molecule has 176 valence electrons. The summed E-state index contributed by atoms with van der Waals surface area (Å²) >= 11 is 0. The van der Waals surface area contributed by atoms with E-state index in [1.165, 1.54) is 11.8 Å². The maximum atomic E-state index is 13.3. The molecular weight excluding hydrogens is 418 g/mol. The standard InChI is InChI=1S/C27H33NO5/c1-25-10-7-19(29)14-18(25)5-6-20-21(25)8-11-26(2)22(20)9-12-27(26,32)23(30)16-33-24(31)17-4-3-13-28-15-17/h3-4,13-15,20-22,32H,5-12,16H2,1-2H3/t20-,21+,22+,25+,26+,27-/m1/s1. The molecule has 33 heavy (non-hydrogen) atoms. The van der Waals surface area contributed by atoms with E-state index in [0.29, 0.717) is 30.2 Å². The van der Waals surface area contributed by atoms with E-state index < -0.39 is 29.4 Å². The molecule has 0 aliphatic heterocycles. The van der Waals surface area contributed by atoms with Crippen LogP contribution in [0.3, 0.4) is 0 Å². The fourth-order valence-corrected chi connectivity index (χ4v) is 7.85. The first-order chi connectivity index (χ1) is 15.7. The molecule has 1 N–H and O–H groups in total. The second kappa shape index (κ2) is 7.86. The molecule has 3 saturated carbocycles. The van der Waals surface area contributed by atoms with Crippen LogP contribution in [0.5, 0.6) is 0 Å². The first-order valence-electron chi connectivity index (χ1n) is 12.3. The van der Waals surface area contributed by atoms with E-state index in [1.807, 2.05) is 6.08 Å². The van der Waals surface area contributed by atoms with Gasteiger partial charge in [0.05, 0.1) is 5.56 Å². The van der Waals surface area contributed by atoms with Crippen LogP contribution in [0.15, 0.2) is 36.2 Å². The topological polar surface area (TPSA) is 93.6 Å². The lowest BCUT2D eigenvalue weighted by molar-refractivity contribution is -0.164. The molecule has 1 aromatic rings.